The second-order valence-corrected chi connectivity index (χ2v) is 8.35. The number of fused-ring (bicyclic) bond motifs is 2. The summed E-state index contributed by atoms with van der Waals surface area (Å²) in [5.74, 6) is 2.12. The molecule has 0 radical (unpaired) electrons. The summed E-state index contributed by atoms with van der Waals surface area (Å²) in [5, 5.41) is 0. The molecule has 3 heteroatoms. The Labute approximate surface area is 183 Å². The van der Waals surface area contributed by atoms with Gasteiger partial charge in [-0.1, -0.05) is 66.7 Å². The van der Waals surface area contributed by atoms with Gasteiger partial charge in [-0.25, -0.2) is 0 Å². The molecule has 156 valence electrons. The fourth-order valence-electron chi connectivity index (χ4n) is 5.40. The summed E-state index contributed by atoms with van der Waals surface area (Å²) in [6, 6.07) is 25.2. The second-order valence-electron chi connectivity index (χ2n) is 8.35. The van der Waals surface area contributed by atoms with E-state index in [2.05, 4.69) is 66.7 Å². The lowest BCUT2D eigenvalue weighted by molar-refractivity contribution is 0.0999. The zero-order valence-electron chi connectivity index (χ0n) is 17.9. The van der Waals surface area contributed by atoms with E-state index >= 15 is 0 Å². The Kier molecular flexibility index (Phi) is 5.11. The average Bonchev–Trinajstić information content (AvgIpc) is 2.84. The Bertz CT molecular complexity index is 1130. The van der Waals surface area contributed by atoms with Crippen LogP contribution in [0.3, 0.4) is 0 Å². The maximum atomic E-state index is 13.6. The van der Waals surface area contributed by atoms with Crippen molar-refractivity contribution in [1.29, 1.82) is 0 Å². The molecule has 0 saturated carbocycles. The van der Waals surface area contributed by atoms with Gasteiger partial charge in [0.2, 0.25) is 0 Å². The smallest absolute Gasteiger partial charge is 0.189 e. The van der Waals surface area contributed by atoms with Crippen LogP contribution in [0, 0.1) is 5.92 Å². The zero-order valence-corrected chi connectivity index (χ0v) is 17.9. The van der Waals surface area contributed by atoms with E-state index in [1.165, 1.54) is 11.1 Å². The third-order valence-electron chi connectivity index (χ3n) is 6.83. The summed E-state index contributed by atoms with van der Waals surface area (Å²) < 4.78 is 11.0. The van der Waals surface area contributed by atoms with Crippen molar-refractivity contribution in [2.24, 2.45) is 5.92 Å². The van der Waals surface area contributed by atoms with Gasteiger partial charge in [-0.15, -0.1) is 0 Å². The number of ether oxygens (including phenoxy) is 2. The summed E-state index contributed by atoms with van der Waals surface area (Å²) in [7, 11) is 3.25. The summed E-state index contributed by atoms with van der Waals surface area (Å²) in [5.41, 5.74) is 5.35. The number of benzene rings is 3. The lowest BCUT2D eigenvalue weighted by Gasteiger charge is -2.41. The molecule has 0 amide bonds. The molecule has 0 fully saturated rings. The van der Waals surface area contributed by atoms with Gasteiger partial charge >= 0.3 is 0 Å². The summed E-state index contributed by atoms with van der Waals surface area (Å²) >= 11 is 0. The van der Waals surface area contributed by atoms with E-state index < -0.39 is 0 Å². The minimum absolute atomic E-state index is 0.125. The molecule has 1 unspecified atom stereocenters. The SMILES string of the molecule is COc1cc2c(cc1OC)C(=O)C1=CCC(c3ccccc3)[C@H](c3ccccc3)[C@H]1C2. The predicted molar refractivity (Wildman–Crippen MR) is 122 cm³/mol. The highest BCUT2D eigenvalue weighted by molar-refractivity contribution is 6.11. The molecule has 2 aliphatic carbocycles. The van der Waals surface area contributed by atoms with Crippen LogP contribution in [0.5, 0.6) is 11.5 Å². The number of allylic oxidation sites excluding steroid dienone is 2. The van der Waals surface area contributed by atoms with Gasteiger partial charge in [0, 0.05) is 11.1 Å². The fraction of sp³-hybridized carbons (Fsp3) is 0.250. The largest absolute Gasteiger partial charge is 0.493 e. The molecule has 0 aliphatic heterocycles. The first-order valence-electron chi connectivity index (χ1n) is 10.8. The van der Waals surface area contributed by atoms with E-state index in [0.717, 1.165) is 29.5 Å². The first kappa shape index (κ1) is 19.6. The summed E-state index contributed by atoms with van der Waals surface area (Å²) in [6.07, 6.45) is 3.86. The quantitative estimate of drug-likeness (QED) is 0.533. The molecule has 3 aromatic carbocycles. The molecule has 0 N–H and O–H groups in total. The van der Waals surface area contributed by atoms with Crippen LogP contribution in [-0.2, 0) is 6.42 Å². The Hall–Kier alpha value is -3.33. The number of ketones is 1. The molecule has 31 heavy (non-hydrogen) atoms. The fourth-order valence-corrected chi connectivity index (χ4v) is 5.40. The molecule has 5 rings (SSSR count). The van der Waals surface area contributed by atoms with Gasteiger partial charge in [-0.05, 0) is 59.4 Å². The number of hydrogen-bond acceptors (Lipinski definition) is 3. The first-order chi connectivity index (χ1) is 15.2. The number of hydrogen-bond donors (Lipinski definition) is 0. The van der Waals surface area contributed by atoms with Crippen molar-refractivity contribution in [2.75, 3.05) is 14.2 Å². The highest BCUT2D eigenvalue weighted by Gasteiger charge is 2.42. The van der Waals surface area contributed by atoms with Crippen LogP contribution in [0.2, 0.25) is 0 Å². The van der Waals surface area contributed by atoms with Crippen molar-refractivity contribution in [1.82, 2.24) is 0 Å². The minimum Gasteiger partial charge on any atom is -0.493 e. The highest BCUT2D eigenvalue weighted by atomic mass is 16.5. The van der Waals surface area contributed by atoms with E-state index in [0.29, 0.717) is 17.4 Å². The normalized spacial score (nSPS) is 22.2. The van der Waals surface area contributed by atoms with Crippen molar-refractivity contribution in [3.8, 4) is 11.5 Å². The van der Waals surface area contributed by atoms with E-state index in [1.807, 2.05) is 12.1 Å². The topological polar surface area (TPSA) is 35.5 Å². The average molecular weight is 411 g/mol. The molecule has 3 atom stereocenters. The molecule has 3 nitrogen and oxygen atoms in total. The Morgan fingerprint density at radius 1 is 0.774 bits per heavy atom. The van der Waals surface area contributed by atoms with Crippen molar-refractivity contribution in [2.45, 2.75) is 24.7 Å². The van der Waals surface area contributed by atoms with Gasteiger partial charge in [0.05, 0.1) is 14.2 Å². The van der Waals surface area contributed by atoms with Gasteiger partial charge in [0.25, 0.3) is 0 Å². The molecule has 0 heterocycles. The third-order valence-corrected chi connectivity index (χ3v) is 6.83. The van der Waals surface area contributed by atoms with Crippen LogP contribution in [0.4, 0.5) is 0 Å². The molecule has 2 aliphatic rings. The summed E-state index contributed by atoms with van der Waals surface area (Å²) in [6.45, 7) is 0. The van der Waals surface area contributed by atoms with Gasteiger partial charge in [-0.2, -0.15) is 0 Å². The molecule has 0 bridgehead atoms. The molecule has 0 aromatic heterocycles. The minimum atomic E-state index is 0.125. The van der Waals surface area contributed by atoms with Crippen LogP contribution >= 0.6 is 0 Å². The van der Waals surface area contributed by atoms with Crippen LogP contribution in [0.25, 0.3) is 0 Å². The number of carbonyl (C=O) groups excluding carboxylic acids is 1. The van der Waals surface area contributed by atoms with Crippen LogP contribution in [0.15, 0.2) is 84.4 Å². The van der Waals surface area contributed by atoms with E-state index in [4.69, 9.17) is 9.47 Å². The lowest BCUT2D eigenvalue weighted by atomic mass is 9.61. The van der Waals surface area contributed by atoms with E-state index in [1.54, 1.807) is 14.2 Å². The standard InChI is InChI=1S/C28H26O3/c1-30-25-16-20-15-24-22(28(29)23(20)17-26(25)31-2)14-13-21(18-9-5-3-6-10-18)27(24)19-11-7-4-8-12-19/h3-12,14,16-17,21,24,27H,13,15H2,1-2H3/t21?,24-,27-/m0/s1. The monoisotopic (exact) mass is 410 g/mol. The number of Topliss-reactive ketones (excluding diaryl/α,β-unsaturated/α-hetero) is 1. The van der Waals surface area contributed by atoms with Crippen molar-refractivity contribution in [3.05, 3.63) is 107 Å². The molecular formula is C28H26O3. The van der Waals surface area contributed by atoms with Gasteiger partial charge in [0.15, 0.2) is 17.3 Å². The number of carbonyl (C=O) groups is 1. The molecule has 3 aromatic rings. The summed E-state index contributed by atoms with van der Waals surface area (Å²) in [4.78, 5) is 13.6. The van der Waals surface area contributed by atoms with Crippen molar-refractivity contribution < 1.29 is 14.3 Å². The Morgan fingerprint density at radius 2 is 1.39 bits per heavy atom. The molecular weight excluding hydrogens is 384 g/mol. The van der Waals surface area contributed by atoms with Crippen LogP contribution < -0.4 is 9.47 Å². The predicted octanol–water partition coefficient (Wildman–Crippen LogP) is 5.96. The molecule has 0 saturated heterocycles. The van der Waals surface area contributed by atoms with Crippen molar-refractivity contribution >= 4 is 5.78 Å². The second kappa shape index (κ2) is 8.07. The number of methoxy groups -OCH3 is 2. The lowest BCUT2D eigenvalue weighted by Crippen LogP contribution is -2.34. The van der Waals surface area contributed by atoms with Crippen molar-refractivity contribution in [3.63, 3.8) is 0 Å². The number of rotatable bonds is 4. The first-order valence-corrected chi connectivity index (χ1v) is 10.8. The van der Waals surface area contributed by atoms with Gasteiger partial charge in [-0.3, -0.25) is 4.79 Å². The van der Waals surface area contributed by atoms with Crippen LogP contribution in [-0.4, -0.2) is 20.0 Å². The van der Waals surface area contributed by atoms with Gasteiger partial charge in [0.1, 0.15) is 0 Å². The Balaban J connectivity index is 1.64. The van der Waals surface area contributed by atoms with Crippen LogP contribution in [0.1, 0.15) is 45.3 Å². The highest BCUT2D eigenvalue weighted by Crippen LogP contribution is 2.51. The molecule has 0 spiro atoms. The maximum Gasteiger partial charge on any atom is 0.189 e. The third kappa shape index (κ3) is 3.34. The zero-order chi connectivity index (χ0) is 21.4. The van der Waals surface area contributed by atoms with Gasteiger partial charge < -0.3 is 9.47 Å². The van der Waals surface area contributed by atoms with E-state index in [-0.39, 0.29) is 17.6 Å². The van der Waals surface area contributed by atoms with E-state index in [9.17, 15) is 4.79 Å². The Morgan fingerprint density at radius 3 is 2.03 bits per heavy atom. The maximum absolute atomic E-state index is 13.6.